The van der Waals surface area contributed by atoms with Crippen LogP contribution in [0.15, 0.2) is 48.5 Å². The van der Waals surface area contributed by atoms with Crippen LogP contribution in [0.4, 0.5) is 5.69 Å². The summed E-state index contributed by atoms with van der Waals surface area (Å²) in [7, 11) is 8.52. The van der Waals surface area contributed by atoms with Crippen molar-refractivity contribution in [3.05, 3.63) is 65.2 Å². The van der Waals surface area contributed by atoms with Crippen LogP contribution in [-0.2, 0) is 6.42 Å². The summed E-state index contributed by atoms with van der Waals surface area (Å²) >= 11 is 0. The van der Waals surface area contributed by atoms with Crippen LogP contribution >= 0.6 is 0 Å². The van der Waals surface area contributed by atoms with E-state index in [0.717, 1.165) is 45.8 Å². The molecular weight excluding hydrogens is 430 g/mol. The van der Waals surface area contributed by atoms with Gasteiger partial charge in [0.25, 0.3) is 0 Å². The lowest BCUT2D eigenvalue weighted by molar-refractivity contribution is 0.104. The van der Waals surface area contributed by atoms with Crippen LogP contribution in [0, 0.1) is 0 Å². The van der Waals surface area contributed by atoms with Crippen LogP contribution in [-0.4, -0.2) is 47.8 Å². The number of ether oxygens (including phenoxy) is 4. The predicted octanol–water partition coefficient (Wildman–Crippen LogP) is 5.25. The summed E-state index contributed by atoms with van der Waals surface area (Å²) in [4.78, 5) is 16.2. The molecule has 1 heterocycles. The molecule has 0 amide bonds. The number of nitrogens with zero attached hydrogens (tertiary/aromatic N) is 1. The van der Waals surface area contributed by atoms with Crippen LogP contribution in [0.25, 0.3) is 21.5 Å². The van der Waals surface area contributed by atoms with Gasteiger partial charge in [0.1, 0.15) is 0 Å². The Labute approximate surface area is 198 Å². The lowest BCUT2D eigenvalue weighted by atomic mass is 9.85. The maximum Gasteiger partial charge on any atom is 0.195 e. The fourth-order valence-electron chi connectivity index (χ4n) is 5.06. The molecule has 4 aromatic rings. The molecule has 0 saturated heterocycles. The SMILES string of the molecule is COc1cc2c(C(=O)c3ccccc3)c3c4c(cc(OC)c(OC)c4c2cc1OC)CCN3C. The van der Waals surface area contributed by atoms with Gasteiger partial charge in [-0.15, -0.1) is 0 Å². The average molecular weight is 458 g/mol. The molecule has 0 N–H and O–H groups in total. The normalized spacial score (nSPS) is 12.7. The van der Waals surface area contributed by atoms with Gasteiger partial charge in [0.2, 0.25) is 0 Å². The topological polar surface area (TPSA) is 57.2 Å². The Kier molecular flexibility index (Phi) is 5.44. The Hall–Kier alpha value is -3.93. The Morgan fingerprint density at radius 2 is 1.44 bits per heavy atom. The van der Waals surface area contributed by atoms with Gasteiger partial charge in [0.05, 0.1) is 39.7 Å². The molecule has 174 valence electrons. The second-order valence-electron chi connectivity index (χ2n) is 8.36. The minimum Gasteiger partial charge on any atom is -0.493 e. The smallest absolute Gasteiger partial charge is 0.195 e. The zero-order chi connectivity index (χ0) is 24.0. The molecule has 4 aromatic carbocycles. The number of rotatable bonds is 6. The van der Waals surface area contributed by atoms with E-state index in [1.165, 1.54) is 0 Å². The lowest BCUT2D eigenvalue weighted by Gasteiger charge is -2.32. The monoisotopic (exact) mass is 457 g/mol. The van der Waals surface area contributed by atoms with E-state index in [2.05, 4.69) is 4.90 Å². The van der Waals surface area contributed by atoms with Crippen molar-refractivity contribution in [2.24, 2.45) is 0 Å². The van der Waals surface area contributed by atoms with Crippen molar-refractivity contribution >= 4 is 33.0 Å². The van der Waals surface area contributed by atoms with Crippen molar-refractivity contribution in [3.63, 3.8) is 0 Å². The number of benzene rings is 4. The summed E-state index contributed by atoms with van der Waals surface area (Å²) in [6.07, 6.45) is 0.831. The van der Waals surface area contributed by atoms with E-state index in [0.29, 0.717) is 34.1 Å². The van der Waals surface area contributed by atoms with Gasteiger partial charge >= 0.3 is 0 Å². The second kappa shape index (κ2) is 8.45. The van der Waals surface area contributed by atoms with Gasteiger partial charge in [0.15, 0.2) is 28.8 Å². The van der Waals surface area contributed by atoms with Crippen molar-refractivity contribution in [2.75, 3.05) is 46.9 Å². The number of ketones is 1. The molecule has 6 nitrogen and oxygen atoms in total. The third-order valence-corrected chi connectivity index (χ3v) is 6.65. The number of likely N-dealkylation sites (N-methyl/N-ethyl adjacent to an activating group) is 1. The lowest BCUT2D eigenvalue weighted by Crippen LogP contribution is -2.27. The highest BCUT2D eigenvalue weighted by Crippen LogP contribution is 2.51. The standard InChI is InChI=1S/C28H27NO5/c1-29-12-11-17-13-22(33-4)28(34-5)24-18-14-20(31-2)21(32-3)15-19(18)25(26(29)23(17)24)27(30)16-9-7-6-8-10-16/h6-10,13-15H,11-12H2,1-5H3. The molecule has 0 spiro atoms. The first-order valence-electron chi connectivity index (χ1n) is 11.1. The molecule has 6 heteroatoms. The summed E-state index contributed by atoms with van der Waals surface area (Å²) in [6.45, 7) is 0.783. The molecule has 0 fully saturated rings. The van der Waals surface area contributed by atoms with Gasteiger partial charge < -0.3 is 23.8 Å². The molecule has 0 saturated carbocycles. The number of methoxy groups -OCH3 is 4. The summed E-state index contributed by atoms with van der Waals surface area (Å²) in [6, 6.07) is 15.2. The first kappa shape index (κ1) is 21.9. The molecule has 5 rings (SSSR count). The highest BCUT2D eigenvalue weighted by Gasteiger charge is 2.31. The molecule has 1 aliphatic rings. The number of fused-ring (bicyclic) bond motifs is 2. The van der Waals surface area contributed by atoms with Crippen LogP contribution < -0.4 is 23.8 Å². The van der Waals surface area contributed by atoms with Crippen LogP contribution in [0.3, 0.4) is 0 Å². The largest absolute Gasteiger partial charge is 0.493 e. The predicted molar refractivity (Wildman–Crippen MR) is 135 cm³/mol. The molecule has 0 radical (unpaired) electrons. The van der Waals surface area contributed by atoms with Gasteiger partial charge in [0, 0.05) is 29.9 Å². The second-order valence-corrected chi connectivity index (χ2v) is 8.36. The van der Waals surface area contributed by atoms with E-state index >= 15 is 0 Å². The summed E-state index contributed by atoms with van der Waals surface area (Å²) in [5.74, 6) is 2.40. The number of anilines is 1. The van der Waals surface area contributed by atoms with E-state index in [1.807, 2.05) is 55.6 Å². The Morgan fingerprint density at radius 1 is 0.794 bits per heavy atom. The first-order valence-corrected chi connectivity index (χ1v) is 11.1. The van der Waals surface area contributed by atoms with Crippen LogP contribution in [0.5, 0.6) is 23.0 Å². The third-order valence-electron chi connectivity index (χ3n) is 6.65. The highest BCUT2D eigenvalue weighted by atomic mass is 16.5. The number of hydrogen-bond acceptors (Lipinski definition) is 6. The zero-order valence-electron chi connectivity index (χ0n) is 20.0. The molecule has 0 unspecified atom stereocenters. The van der Waals surface area contributed by atoms with Crippen molar-refractivity contribution in [2.45, 2.75) is 6.42 Å². The first-order chi connectivity index (χ1) is 16.5. The molecule has 0 aliphatic carbocycles. The average Bonchev–Trinajstić information content (AvgIpc) is 2.89. The van der Waals surface area contributed by atoms with E-state index in [9.17, 15) is 4.79 Å². The number of carbonyl (C=O) groups excluding carboxylic acids is 1. The number of carbonyl (C=O) groups is 1. The highest BCUT2D eigenvalue weighted by molar-refractivity contribution is 6.30. The quantitative estimate of drug-likeness (QED) is 0.291. The molecule has 0 bridgehead atoms. The molecule has 1 aliphatic heterocycles. The van der Waals surface area contributed by atoms with Crippen LogP contribution in [0.1, 0.15) is 21.5 Å². The maximum absolute atomic E-state index is 14.0. The minimum absolute atomic E-state index is 0.0378. The van der Waals surface area contributed by atoms with Crippen molar-refractivity contribution < 1.29 is 23.7 Å². The van der Waals surface area contributed by atoms with Crippen LogP contribution in [0.2, 0.25) is 0 Å². The van der Waals surface area contributed by atoms with Crippen molar-refractivity contribution in [3.8, 4) is 23.0 Å². The van der Waals surface area contributed by atoms with Gasteiger partial charge in [-0.3, -0.25) is 4.79 Å². The third kappa shape index (κ3) is 3.13. The minimum atomic E-state index is -0.0378. The molecule has 34 heavy (non-hydrogen) atoms. The van der Waals surface area contributed by atoms with Crippen molar-refractivity contribution in [1.29, 1.82) is 0 Å². The van der Waals surface area contributed by atoms with Crippen molar-refractivity contribution in [1.82, 2.24) is 0 Å². The molecular formula is C28H27NO5. The van der Waals surface area contributed by atoms with E-state index in [-0.39, 0.29) is 5.78 Å². The molecule has 0 atom stereocenters. The zero-order valence-corrected chi connectivity index (χ0v) is 20.0. The van der Waals surface area contributed by atoms with Gasteiger partial charge in [-0.25, -0.2) is 0 Å². The summed E-state index contributed by atoms with van der Waals surface area (Å²) in [5, 5.41) is 3.53. The Balaban J connectivity index is 2.05. The Bertz CT molecular complexity index is 1430. The maximum atomic E-state index is 14.0. The van der Waals surface area contributed by atoms with E-state index in [4.69, 9.17) is 18.9 Å². The molecule has 0 aromatic heterocycles. The van der Waals surface area contributed by atoms with Gasteiger partial charge in [-0.2, -0.15) is 0 Å². The van der Waals surface area contributed by atoms with E-state index in [1.54, 1.807) is 28.4 Å². The fraction of sp³-hybridized carbons (Fsp3) is 0.250. The van der Waals surface area contributed by atoms with E-state index < -0.39 is 0 Å². The van der Waals surface area contributed by atoms with Gasteiger partial charge in [-0.05, 0) is 41.0 Å². The summed E-state index contributed by atoms with van der Waals surface area (Å²) < 4.78 is 22.9. The summed E-state index contributed by atoms with van der Waals surface area (Å²) in [5.41, 5.74) is 3.30. The fourth-order valence-corrected chi connectivity index (χ4v) is 5.06. The van der Waals surface area contributed by atoms with Gasteiger partial charge in [-0.1, -0.05) is 30.3 Å². The number of hydrogen-bond donors (Lipinski definition) is 0. The Morgan fingerprint density at radius 3 is 2.06 bits per heavy atom.